The van der Waals surface area contributed by atoms with E-state index in [1.165, 1.54) is 4.31 Å². The number of aromatic nitrogens is 2. The van der Waals surface area contributed by atoms with Crippen LogP contribution >= 0.6 is 0 Å². The molecule has 2 amide bonds. The first-order valence-corrected chi connectivity index (χ1v) is 11.8. The Labute approximate surface area is 171 Å². The normalized spacial score (nSPS) is 22.3. The Hall–Kier alpha value is -1.81. The number of imide groups is 1. The summed E-state index contributed by atoms with van der Waals surface area (Å²) in [6.07, 6.45) is 3.27. The van der Waals surface area contributed by atoms with Crippen LogP contribution < -0.4 is 0 Å². The van der Waals surface area contributed by atoms with Gasteiger partial charge in [0.05, 0.1) is 11.7 Å². The van der Waals surface area contributed by atoms with Gasteiger partial charge >= 0.3 is 0 Å². The van der Waals surface area contributed by atoms with E-state index in [1.807, 2.05) is 0 Å². The number of carbonyl (C=O) groups excluding carboxylic acids is 2. The van der Waals surface area contributed by atoms with Crippen molar-refractivity contribution in [1.29, 1.82) is 0 Å². The molecule has 162 valence electrons. The predicted molar refractivity (Wildman–Crippen MR) is 105 cm³/mol. The highest BCUT2D eigenvalue weighted by Crippen LogP contribution is 2.29. The minimum Gasteiger partial charge on any atom is -0.425 e. The van der Waals surface area contributed by atoms with Crippen molar-refractivity contribution in [1.82, 2.24) is 19.4 Å². The summed E-state index contributed by atoms with van der Waals surface area (Å²) in [6, 6.07) is 0. The second kappa shape index (κ2) is 8.51. The van der Waals surface area contributed by atoms with Crippen LogP contribution in [0.4, 0.5) is 0 Å². The standard InChI is InChI=1S/C19H30N4O5S/c1-19(2,3)12-15-20-21-18(28-15)14-6-5-9-22(13-14)29(26,27)11-10-23-16(24)7-4-8-17(23)25/h14H,4-13H2,1-3H3. The molecular formula is C19H30N4O5S. The molecular weight excluding hydrogens is 396 g/mol. The van der Waals surface area contributed by atoms with Crippen LogP contribution in [0.1, 0.15) is 70.6 Å². The van der Waals surface area contributed by atoms with E-state index in [-0.39, 0.29) is 42.0 Å². The van der Waals surface area contributed by atoms with Gasteiger partial charge in [0.15, 0.2) is 0 Å². The Bertz CT molecular complexity index is 842. The zero-order chi connectivity index (χ0) is 21.2. The van der Waals surface area contributed by atoms with Gasteiger partial charge in [-0.05, 0) is 24.7 Å². The molecule has 0 N–H and O–H groups in total. The van der Waals surface area contributed by atoms with E-state index in [0.717, 1.165) is 11.3 Å². The smallest absolute Gasteiger partial charge is 0.229 e. The van der Waals surface area contributed by atoms with Crippen molar-refractivity contribution < 1.29 is 22.4 Å². The van der Waals surface area contributed by atoms with E-state index in [9.17, 15) is 18.0 Å². The van der Waals surface area contributed by atoms with E-state index in [2.05, 4.69) is 31.0 Å². The molecule has 9 nitrogen and oxygen atoms in total. The average molecular weight is 427 g/mol. The molecule has 2 fully saturated rings. The number of nitrogens with zero attached hydrogens (tertiary/aromatic N) is 4. The van der Waals surface area contributed by atoms with Gasteiger partial charge in [0.1, 0.15) is 0 Å². The van der Waals surface area contributed by atoms with Gasteiger partial charge in [0.2, 0.25) is 33.6 Å². The second-order valence-electron chi connectivity index (χ2n) is 9.08. The molecule has 10 heteroatoms. The summed E-state index contributed by atoms with van der Waals surface area (Å²) in [5, 5.41) is 8.26. The Morgan fingerprint density at radius 3 is 2.45 bits per heavy atom. The summed E-state index contributed by atoms with van der Waals surface area (Å²) in [5.74, 6) is 0.0737. The van der Waals surface area contributed by atoms with Gasteiger partial charge in [0.25, 0.3) is 0 Å². The van der Waals surface area contributed by atoms with Crippen LogP contribution in [0.5, 0.6) is 0 Å². The number of sulfonamides is 1. The fraction of sp³-hybridized carbons (Fsp3) is 0.789. The average Bonchev–Trinajstić information content (AvgIpc) is 3.08. The maximum atomic E-state index is 12.8. The van der Waals surface area contributed by atoms with E-state index in [0.29, 0.717) is 50.4 Å². The highest BCUT2D eigenvalue weighted by atomic mass is 32.2. The third-order valence-electron chi connectivity index (χ3n) is 5.25. The summed E-state index contributed by atoms with van der Waals surface area (Å²) < 4.78 is 32.9. The molecule has 3 rings (SSSR count). The Morgan fingerprint density at radius 1 is 1.10 bits per heavy atom. The maximum absolute atomic E-state index is 12.8. The first-order chi connectivity index (χ1) is 13.5. The number of piperidine rings is 2. The van der Waals surface area contributed by atoms with Gasteiger partial charge in [-0.15, -0.1) is 10.2 Å². The van der Waals surface area contributed by atoms with Crippen molar-refractivity contribution in [2.24, 2.45) is 5.41 Å². The molecule has 2 aliphatic heterocycles. The van der Waals surface area contributed by atoms with Crippen LogP contribution in [0.2, 0.25) is 0 Å². The SMILES string of the molecule is CC(C)(C)Cc1nnc(C2CCCN(S(=O)(=O)CCN3C(=O)CCCC3=O)C2)o1. The van der Waals surface area contributed by atoms with E-state index in [1.54, 1.807) is 0 Å². The van der Waals surface area contributed by atoms with Gasteiger partial charge < -0.3 is 4.42 Å². The zero-order valence-electron chi connectivity index (χ0n) is 17.4. The van der Waals surface area contributed by atoms with Crippen molar-refractivity contribution in [3.05, 3.63) is 11.8 Å². The van der Waals surface area contributed by atoms with Gasteiger partial charge in [-0.3, -0.25) is 14.5 Å². The minimum atomic E-state index is -3.60. The molecule has 0 bridgehead atoms. The molecule has 0 radical (unpaired) electrons. The van der Waals surface area contributed by atoms with Crippen LogP contribution in [0, 0.1) is 5.41 Å². The van der Waals surface area contributed by atoms with Crippen LogP contribution in [0.15, 0.2) is 4.42 Å². The molecule has 1 aromatic rings. The number of amides is 2. The molecule has 1 unspecified atom stereocenters. The summed E-state index contributed by atoms with van der Waals surface area (Å²) in [4.78, 5) is 24.9. The molecule has 0 saturated carbocycles. The lowest BCUT2D eigenvalue weighted by molar-refractivity contribution is -0.147. The fourth-order valence-corrected chi connectivity index (χ4v) is 5.22. The lowest BCUT2D eigenvalue weighted by Crippen LogP contribution is -2.46. The van der Waals surface area contributed by atoms with E-state index in [4.69, 9.17) is 4.42 Å². The third-order valence-corrected chi connectivity index (χ3v) is 7.06. The van der Waals surface area contributed by atoms with Gasteiger partial charge in [0, 0.05) is 38.9 Å². The summed E-state index contributed by atoms with van der Waals surface area (Å²) in [5.41, 5.74) is 0.0229. The predicted octanol–water partition coefficient (Wildman–Crippen LogP) is 1.71. The van der Waals surface area contributed by atoms with E-state index < -0.39 is 10.0 Å². The van der Waals surface area contributed by atoms with Gasteiger partial charge in [-0.25, -0.2) is 12.7 Å². The molecule has 3 heterocycles. The first kappa shape index (κ1) is 21.9. The van der Waals surface area contributed by atoms with E-state index >= 15 is 0 Å². The Kier molecular flexibility index (Phi) is 6.42. The fourth-order valence-electron chi connectivity index (χ4n) is 3.74. The van der Waals surface area contributed by atoms with Crippen LogP contribution in [-0.4, -0.2) is 65.0 Å². The topological polar surface area (TPSA) is 114 Å². The first-order valence-electron chi connectivity index (χ1n) is 10.2. The van der Waals surface area contributed by atoms with Crippen molar-refractivity contribution in [3.63, 3.8) is 0 Å². The highest BCUT2D eigenvalue weighted by molar-refractivity contribution is 7.89. The summed E-state index contributed by atoms with van der Waals surface area (Å²) in [7, 11) is -3.60. The molecule has 2 saturated heterocycles. The second-order valence-corrected chi connectivity index (χ2v) is 11.2. The van der Waals surface area contributed by atoms with Gasteiger partial charge in [-0.1, -0.05) is 20.8 Å². The van der Waals surface area contributed by atoms with Crippen LogP contribution in [-0.2, 0) is 26.0 Å². The zero-order valence-corrected chi connectivity index (χ0v) is 18.2. The number of carbonyl (C=O) groups is 2. The molecule has 1 aromatic heterocycles. The lowest BCUT2D eigenvalue weighted by Gasteiger charge is -2.31. The Balaban J connectivity index is 1.62. The van der Waals surface area contributed by atoms with Crippen molar-refractivity contribution in [2.75, 3.05) is 25.4 Å². The molecule has 2 aliphatic rings. The quantitative estimate of drug-likeness (QED) is 0.636. The molecule has 0 spiro atoms. The number of likely N-dealkylation sites (tertiary alicyclic amines) is 1. The van der Waals surface area contributed by atoms with Gasteiger partial charge in [-0.2, -0.15) is 0 Å². The van der Waals surface area contributed by atoms with Crippen molar-refractivity contribution >= 4 is 21.8 Å². The molecule has 0 aliphatic carbocycles. The third kappa shape index (κ3) is 5.63. The lowest BCUT2D eigenvalue weighted by atomic mass is 9.92. The molecule has 0 aromatic carbocycles. The van der Waals surface area contributed by atoms with Crippen molar-refractivity contribution in [3.8, 4) is 0 Å². The summed E-state index contributed by atoms with van der Waals surface area (Å²) >= 11 is 0. The van der Waals surface area contributed by atoms with Crippen molar-refractivity contribution in [2.45, 2.75) is 65.2 Å². The van der Waals surface area contributed by atoms with Crippen LogP contribution in [0.25, 0.3) is 0 Å². The highest BCUT2D eigenvalue weighted by Gasteiger charge is 2.34. The molecule has 29 heavy (non-hydrogen) atoms. The minimum absolute atomic E-state index is 0.0229. The van der Waals surface area contributed by atoms with Crippen LogP contribution in [0.3, 0.4) is 0 Å². The number of rotatable bonds is 6. The molecule has 1 atom stereocenters. The number of hydrogen-bond donors (Lipinski definition) is 0. The number of hydrogen-bond acceptors (Lipinski definition) is 7. The maximum Gasteiger partial charge on any atom is 0.229 e. The summed E-state index contributed by atoms with van der Waals surface area (Å²) in [6.45, 7) is 6.87. The monoisotopic (exact) mass is 426 g/mol. The largest absolute Gasteiger partial charge is 0.425 e. The Morgan fingerprint density at radius 2 is 1.79 bits per heavy atom.